The minimum atomic E-state index is -3.73. The van der Waals surface area contributed by atoms with Gasteiger partial charge in [0.15, 0.2) is 0 Å². The number of hydrogen-bond acceptors (Lipinski definition) is 5. The number of sulfonamides is 1. The predicted octanol–water partition coefficient (Wildman–Crippen LogP) is 4.61. The number of piperidine rings is 1. The Hall–Kier alpha value is -2.22. The highest BCUT2D eigenvalue weighted by Gasteiger charge is 2.37. The van der Waals surface area contributed by atoms with Gasteiger partial charge in [0.1, 0.15) is 6.04 Å². The lowest BCUT2D eigenvalue weighted by atomic mass is 10.1. The molecule has 6 nitrogen and oxygen atoms in total. The third kappa shape index (κ3) is 3.57. The van der Waals surface area contributed by atoms with Crippen LogP contribution in [0.5, 0.6) is 0 Å². The summed E-state index contributed by atoms with van der Waals surface area (Å²) >= 11 is 6.16. The molecule has 4 rings (SSSR count). The summed E-state index contributed by atoms with van der Waals surface area (Å²) < 4.78 is 33.5. The number of nitrogens with zero attached hydrogens (tertiary/aromatic N) is 3. The molecule has 8 heteroatoms. The van der Waals surface area contributed by atoms with Crippen molar-refractivity contribution in [2.24, 2.45) is 0 Å². The van der Waals surface area contributed by atoms with Crippen LogP contribution in [-0.2, 0) is 10.0 Å². The molecule has 0 aliphatic carbocycles. The molecule has 1 aromatic heterocycles. The van der Waals surface area contributed by atoms with E-state index in [0.717, 1.165) is 24.0 Å². The Morgan fingerprint density at radius 2 is 1.93 bits per heavy atom. The third-order valence-corrected chi connectivity index (χ3v) is 7.27. The maximum absolute atomic E-state index is 13.3. The van der Waals surface area contributed by atoms with Crippen LogP contribution in [0.25, 0.3) is 11.4 Å². The Balaban J connectivity index is 1.68. The van der Waals surface area contributed by atoms with E-state index in [0.29, 0.717) is 29.7 Å². The molecular weight excluding hydrogens is 398 g/mol. The second-order valence-electron chi connectivity index (χ2n) is 6.86. The summed E-state index contributed by atoms with van der Waals surface area (Å²) in [5, 5.41) is 4.48. The van der Waals surface area contributed by atoms with E-state index >= 15 is 0 Å². The number of rotatable bonds is 4. The highest BCUT2D eigenvalue weighted by Crippen LogP contribution is 2.36. The average molecular weight is 418 g/mol. The number of aromatic nitrogens is 2. The zero-order valence-corrected chi connectivity index (χ0v) is 16.9. The summed E-state index contributed by atoms with van der Waals surface area (Å²) in [6.07, 6.45) is 2.32. The van der Waals surface area contributed by atoms with Crippen molar-refractivity contribution in [1.82, 2.24) is 14.4 Å². The van der Waals surface area contributed by atoms with E-state index in [1.54, 1.807) is 12.1 Å². The number of halogens is 1. The van der Waals surface area contributed by atoms with Crippen LogP contribution in [0.1, 0.15) is 36.8 Å². The molecule has 0 N–H and O–H groups in total. The number of aryl methyl sites for hydroxylation is 1. The van der Waals surface area contributed by atoms with Crippen molar-refractivity contribution in [3.05, 3.63) is 65.0 Å². The first-order chi connectivity index (χ1) is 13.5. The van der Waals surface area contributed by atoms with Crippen LogP contribution in [0.15, 0.2) is 57.9 Å². The Kier molecular flexibility index (Phi) is 5.23. The minimum Gasteiger partial charge on any atom is -0.337 e. The summed E-state index contributed by atoms with van der Waals surface area (Å²) in [6, 6.07) is 13.8. The van der Waals surface area contributed by atoms with Crippen molar-refractivity contribution in [3.63, 3.8) is 0 Å². The quantitative estimate of drug-likeness (QED) is 0.619. The molecule has 3 aromatic rings. The van der Waals surface area contributed by atoms with Crippen molar-refractivity contribution < 1.29 is 12.9 Å². The van der Waals surface area contributed by atoms with E-state index in [1.807, 2.05) is 37.3 Å². The Morgan fingerprint density at radius 1 is 1.14 bits per heavy atom. The van der Waals surface area contributed by atoms with E-state index < -0.39 is 16.1 Å². The summed E-state index contributed by atoms with van der Waals surface area (Å²) in [5.74, 6) is 0.775. The van der Waals surface area contributed by atoms with Crippen LogP contribution in [0.3, 0.4) is 0 Å². The lowest BCUT2D eigenvalue weighted by Crippen LogP contribution is -2.38. The van der Waals surface area contributed by atoms with E-state index in [4.69, 9.17) is 16.1 Å². The molecule has 2 aromatic carbocycles. The molecule has 0 saturated carbocycles. The van der Waals surface area contributed by atoms with Crippen molar-refractivity contribution in [1.29, 1.82) is 0 Å². The average Bonchev–Trinajstić information content (AvgIpc) is 3.21. The van der Waals surface area contributed by atoms with E-state index in [-0.39, 0.29) is 4.90 Å². The van der Waals surface area contributed by atoms with Gasteiger partial charge >= 0.3 is 0 Å². The fourth-order valence-corrected chi connectivity index (χ4v) is 5.31. The maximum atomic E-state index is 13.3. The molecule has 1 aliphatic heterocycles. The summed E-state index contributed by atoms with van der Waals surface area (Å²) in [5.41, 5.74) is 1.66. The van der Waals surface area contributed by atoms with Gasteiger partial charge in [0.05, 0.1) is 4.90 Å². The first kappa shape index (κ1) is 19.1. The van der Waals surface area contributed by atoms with Crippen molar-refractivity contribution >= 4 is 21.6 Å². The normalized spacial score (nSPS) is 18.3. The highest BCUT2D eigenvalue weighted by atomic mass is 35.5. The standard InChI is InChI=1S/C20H20ClN3O3S/c1-14-10-11-16(13-17(14)21)28(25,26)24-12-6-5-9-18(24)20-22-19(23-27-20)15-7-3-2-4-8-15/h2-4,7-8,10-11,13,18H,5-6,9,12H2,1H3/t18-/m1/s1. The summed E-state index contributed by atoms with van der Waals surface area (Å²) in [6.45, 7) is 2.24. The SMILES string of the molecule is Cc1ccc(S(=O)(=O)N2CCCC[C@@H]2c2nc(-c3ccccc3)no2)cc1Cl. The van der Waals surface area contributed by atoms with Gasteiger partial charge in [-0.2, -0.15) is 9.29 Å². The van der Waals surface area contributed by atoms with Gasteiger partial charge in [-0.05, 0) is 37.5 Å². The van der Waals surface area contributed by atoms with Crippen molar-refractivity contribution in [2.75, 3.05) is 6.54 Å². The van der Waals surface area contributed by atoms with Crippen LogP contribution in [0.4, 0.5) is 0 Å². The van der Waals surface area contributed by atoms with Gasteiger partial charge in [-0.1, -0.05) is 59.6 Å². The van der Waals surface area contributed by atoms with Gasteiger partial charge in [0, 0.05) is 17.1 Å². The molecule has 2 heterocycles. The Morgan fingerprint density at radius 3 is 2.68 bits per heavy atom. The molecule has 0 amide bonds. The summed E-state index contributed by atoms with van der Waals surface area (Å²) in [4.78, 5) is 4.66. The molecule has 1 atom stereocenters. The van der Waals surface area contributed by atoms with Gasteiger partial charge in [-0.15, -0.1) is 0 Å². The molecular formula is C20H20ClN3O3S. The monoisotopic (exact) mass is 417 g/mol. The molecule has 28 heavy (non-hydrogen) atoms. The molecule has 0 unspecified atom stereocenters. The first-order valence-electron chi connectivity index (χ1n) is 9.14. The molecule has 146 valence electrons. The zero-order chi connectivity index (χ0) is 19.7. The van der Waals surface area contributed by atoms with E-state index in [1.165, 1.54) is 10.4 Å². The van der Waals surface area contributed by atoms with Crippen LogP contribution in [-0.4, -0.2) is 29.4 Å². The molecule has 0 bridgehead atoms. The van der Waals surface area contributed by atoms with Gasteiger partial charge in [0.25, 0.3) is 0 Å². The van der Waals surface area contributed by atoms with E-state index in [9.17, 15) is 8.42 Å². The molecule has 0 radical (unpaired) electrons. The van der Waals surface area contributed by atoms with Crippen LogP contribution >= 0.6 is 11.6 Å². The van der Waals surface area contributed by atoms with Gasteiger partial charge in [0.2, 0.25) is 21.7 Å². The topological polar surface area (TPSA) is 76.3 Å². The van der Waals surface area contributed by atoms with Crippen LogP contribution in [0, 0.1) is 6.92 Å². The number of benzene rings is 2. The molecule has 1 fully saturated rings. The molecule has 1 saturated heterocycles. The van der Waals surface area contributed by atoms with Crippen LogP contribution in [0.2, 0.25) is 5.02 Å². The fraction of sp³-hybridized carbons (Fsp3) is 0.300. The third-order valence-electron chi connectivity index (χ3n) is 4.96. The minimum absolute atomic E-state index is 0.179. The highest BCUT2D eigenvalue weighted by molar-refractivity contribution is 7.89. The fourth-order valence-electron chi connectivity index (χ4n) is 3.38. The smallest absolute Gasteiger partial charge is 0.245 e. The first-order valence-corrected chi connectivity index (χ1v) is 11.0. The van der Waals surface area contributed by atoms with Crippen molar-refractivity contribution in [2.45, 2.75) is 37.1 Å². The lowest BCUT2D eigenvalue weighted by Gasteiger charge is -2.32. The predicted molar refractivity (Wildman–Crippen MR) is 106 cm³/mol. The van der Waals surface area contributed by atoms with E-state index in [2.05, 4.69) is 10.1 Å². The number of hydrogen-bond donors (Lipinski definition) is 0. The van der Waals surface area contributed by atoms with Gasteiger partial charge < -0.3 is 4.52 Å². The molecule has 0 spiro atoms. The largest absolute Gasteiger partial charge is 0.337 e. The second kappa shape index (κ2) is 7.66. The van der Waals surface area contributed by atoms with Gasteiger partial charge in [-0.3, -0.25) is 0 Å². The van der Waals surface area contributed by atoms with Crippen molar-refractivity contribution in [3.8, 4) is 11.4 Å². The maximum Gasteiger partial charge on any atom is 0.245 e. The Labute approximate surface area is 169 Å². The molecule has 1 aliphatic rings. The summed E-state index contributed by atoms with van der Waals surface area (Å²) in [7, 11) is -3.73. The van der Waals surface area contributed by atoms with Crippen LogP contribution < -0.4 is 0 Å². The second-order valence-corrected chi connectivity index (χ2v) is 9.16. The Bertz CT molecular complexity index is 1080. The van der Waals surface area contributed by atoms with Gasteiger partial charge in [-0.25, -0.2) is 8.42 Å². The lowest BCUT2D eigenvalue weighted by molar-refractivity contribution is 0.204. The zero-order valence-electron chi connectivity index (χ0n) is 15.4.